The standard InChI is InChI=1S/C15H24FN/c1-5-15(16,11-17)10-12-6-8-13(9-7-12)14(2,3)4/h6-9H,5,10-11,17H2,1-4H3. The Bertz CT molecular complexity index is 344. The smallest absolute Gasteiger partial charge is 0.126 e. The van der Waals surface area contributed by atoms with Crippen LogP contribution in [-0.2, 0) is 11.8 Å². The fraction of sp³-hybridized carbons (Fsp3) is 0.600. The average molecular weight is 237 g/mol. The second-order valence-electron chi connectivity index (χ2n) is 5.83. The number of halogens is 1. The summed E-state index contributed by atoms with van der Waals surface area (Å²) in [6.07, 6.45) is 0.870. The molecule has 2 heteroatoms. The topological polar surface area (TPSA) is 26.0 Å². The van der Waals surface area contributed by atoms with E-state index in [-0.39, 0.29) is 12.0 Å². The molecule has 0 bridgehead atoms. The molecule has 1 rings (SSSR count). The molecule has 0 saturated carbocycles. The molecule has 17 heavy (non-hydrogen) atoms. The molecule has 1 unspecified atom stereocenters. The van der Waals surface area contributed by atoms with Gasteiger partial charge in [-0.05, 0) is 23.0 Å². The molecule has 0 radical (unpaired) electrons. The van der Waals surface area contributed by atoms with Crippen LogP contribution >= 0.6 is 0 Å². The lowest BCUT2D eigenvalue weighted by molar-refractivity contribution is 0.167. The highest BCUT2D eigenvalue weighted by Gasteiger charge is 2.26. The Labute approximate surface area is 104 Å². The second kappa shape index (κ2) is 5.18. The molecule has 0 heterocycles. The number of hydrogen-bond donors (Lipinski definition) is 1. The molecule has 0 aliphatic heterocycles. The number of nitrogens with two attached hydrogens (primary N) is 1. The van der Waals surface area contributed by atoms with Crippen LogP contribution in [0.2, 0.25) is 0 Å². The van der Waals surface area contributed by atoms with Gasteiger partial charge in [0, 0.05) is 13.0 Å². The summed E-state index contributed by atoms with van der Waals surface area (Å²) < 4.78 is 14.1. The first-order valence-corrected chi connectivity index (χ1v) is 6.29. The van der Waals surface area contributed by atoms with E-state index in [4.69, 9.17) is 5.73 Å². The van der Waals surface area contributed by atoms with E-state index in [0.717, 1.165) is 5.56 Å². The Kier molecular flexibility index (Phi) is 4.31. The molecule has 1 nitrogen and oxygen atoms in total. The zero-order valence-corrected chi connectivity index (χ0v) is 11.4. The van der Waals surface area contributed by atoms with Gasteiger partial charge in [0.05, 0.1) is 0 Å². The summed E-state index contributed by atoms with van der Waals surface area (Å²) in [5, 5.41) is 0. The van der Waals surface area contributed by atoms with Gasteiger partial charge in [-0.3, -0.25) is 0 Å². The van der Waals surface area contributed by atoms with E-state index in [2.05, 4.69) is 32.9 Å². The van der Waals surface area contributed by atoms with E-state index >= 15 is 0 Å². The van der Waals surface area contributed by atoms with Crippen LogP contribution in [0.1, 0.15) is 45.2 Å². The summed E-state index contributed by atoms with van der Waals surface area (Å²) in [4.78, 5) is 0. The fourth-order valence-corrected chi connectivity index (χ4v) is 1.83. The molecular formula is C15H24FN. The molecular weight excluding hydrogens is 213 g/mol. The lowest BCUT2D eigenvalue weighted by atomic mass is 9.85. The first kappa shape index (κ1) is 14.2. The van der Waals surface area contributed by atoms with Crippen LogP contribution in [0, 0.1) is 0 Å². The summed E-state index contributed by atoms with van der Waals surface area (Å²) in [5.41, 5.74) is 6.67. The lowest BCUT2D eigenvalue weighted by Crippen LogP contribution is -2.34. The van der Waals surface area contributed by atoms with Crippen molar-refractivity contribution in [2.24, 2.45) is 5.73 Å². The maximum Gasteiger partial charge on any atom is 0.126 e. The summed E-state index contributed by atoms with van der Waals surface area (Å²) >= 11 is 0. The average Bonchev–Trinajstić information content (AvgIpc) is 2.28. The van der Waals surface area contributed by atoms with Gasteiger partial charge in [0.25, 0.3) is 0 Å². The predicted molar refractivity (Wildman–Crippen MR) is 72.0 cm³/mol. The van der Waals surface area contributed by atoms with Crippen LogP contribution in [-0.4, -0.2) is 12.2 Å². The third kappa shape index (κ3) is 3.81. The maximum absolute atomic E-state index is 14.1. The highest BCUT2D eigenvalue weighted by molar-refractivity contribution is 5.28. The Morgan fingerprint density at radius 1 is 1.12 bits per heavy atom. The normalized spacial score (nSPS) is 15.6. The predicted octanol–water partition coefficient (Wildman–Crippen LogP) is 3.60. The first-order valence-electron chi connectivity index (χ1n) is 6.29. The molecule has 2 N–H and O–H groups in total. The molecule has 1 aromatic rings. The van der Waals surface area contributed by atoms with Crippen molar-refractivity contribution >= 4 is 0 Å². The van der Waals surface area contributed by atoms with Gasteiger partial charge in [0.15, 0.2) is 0 Å². The van der Waals surface area contributed by atoms with Crippen LogP contribution in [0.15, 0.2) is 24.3 Å². The van der Waals surface area contributed by atoms with Crippen molar-refractivity contribution in [3.05, 3.63) is 35.4 Å². The maximum atomic E-state index is 14.1. The Morgan fingerprint density at radius 3 is 2.00 bits per heavy atom. The monoisotopic (exact) mass is 237 g/mol. The SMILES string of the molecule is CCC(F)(CN)Cc1ccc(C(C)(C)C)cc1. The minimum Gasteiger partial charge on any atom is -0.328 e. The second-order valence-corrected chi connectivity index (χ2v) is 5.83. The van der Waals surface area contributed by atoms with Crippen LogP contribution in [0.3, 0.4) is 0 Å². The molecule has 0 amide bonds. The minimum absolute atomic E-state index is 0.0878. The van der Waals surface area contributed by atoms with Gasteiger partial charge < -0.3 is 5.73 Å². The molecule has 96 valence electrons. The van der Waals surface area contributed by atoms with Crippen molar-refractivity contribution in [1.29, 1.82) is 0 Å². The number of hydrogen-bond acceptors (Lipinski definition) is 1. The number of alkyl halides is 1. The van der Waals surface area contributed by atoms with Crippen molar-refractivity contribution in [2.45, 2.75) is 51.6 Å². The fourth-order valence-electron chi connectivity index (χ4n) is 1.83. The van der Waals surface area contributed by atoms with Crippen LogP contribution in [0.4, 0.5) is 4.39 Å². The van der Waals surface area contributed by atoms with Gasteiger partial charge in [-0.25, -0.2) is 4.39 Å². The van der Waals surface area contributed by atoms with E-state index in [1.54, 1.807) is 0 Å². The largest absolute Gasteiger partial charge is 0.328 e. The van der Waals surface area contributed by atoms with Crippen molar-refractivity contribution in [1.82, 2.24) is 0 Å². The molecule has 0 aliphatic rings. The third-order valence-electron chi connectivity index (χ3n) is 3.34. The summed E-state index contributed by atoms with van der Waals surface area (Å²) in [5.74, 6) is 0. The van der Waals surface area contributed by atoms with E-state index < -0.39 is 5.67 Å². The van der Waals surface area contributed by atoms with Gasteiger partial charge in [-0.2, -0.15) is 0 Å². The van der Waals surface area contributed by atoms with Gasteiger partial charge in [0.1, 0.15) is 5.67 Å². The van der Waals surface area contributed by atoms with Crippen molar-refractivity contribution < 1.29 is 4.39 Å². The van der Waals surface area contributed by atoms with E-state index in [1.807, 2.05) is 19.1 Å². The minimum atomic E-state index is -1.26. The molecule has 0 aromatic heterocycles. The van der Waals surface area contributed by atoms with Gasteiger partial charge >= 0.3 is 0 Å². The third-order valence-corrected chi connectivity index (χ3v) is 3.34. The molecule has 0 saturated heterocycles. The Morgan fingerprint density at radius 2 is 1.65 bits per heavy atom. The molecule has 0 fully saturated rings. The summed E-state index contributed by atoms with van der Waals surface area (Å²) in [6, 6.07) is 8.20. The van der Waals surface area contributed by atoms with Crippen LogP contribution in [0.25, 0.3) is 0 Å². The Hall–Kier alpha value is -0.890. The zero-order valence-electron chi connectivity index (χ0n) is 11.4. The number of rotatable bonds is 4. The molecule has 1 atom stereocenters. The zero-order chi connectivity index (χ0) is 13.1. The van der Waals surface area contributed by atoms with E-state index in [1.165, 1.54) is 5.56 Å². The molecule has 0 aliphatic carbocycles. The van der Waals surface area contributed by atoms with Crippen molar-refractivity contribution in [3.8, 4) is 0 Å². The van der Waals surface area contributed by atoms with Gasteiger partial charge in [-0.1, -0.05) is 52.0 Å². The summed E-state index contributed by atoms with van der Waals surface area (Å²) in [7, 11) is 0. The highest BCUT2D eigenvalue weighted by atomic mass is 19.1. The highest BCUT2D eigenvalue weighted by Crippen LogP contribution is 2.25. The number of benzene rings is 1. The van der Waals surface area contributed by atoms with E-state index in [9.17, 15) is 4.39 Å². The van der Waals surface area contributed by atoms with Gasteiger partial charge in [0.2, 0.25) is 0 Å². The first-order chi connectivity index (χ1) is 7.80. The van der Waals surface area contributed by atoms with E-state index in [0.29, 0.717) is 12.8 Å². The molecule has 0 spiro atoms. The quantitative estimate of drug-likeness (QED) is 0.850. The van der Waals surface area contributed by atoms with Crippen LogP contribution < -0.4 is 5.73 Å². The lowest BCUT2D eigenvalue weighted by Gasteiger charge is -2.23. The van der Waals surface area contributed by atoms with Crippen molar-refractivity contribution in [3.63, 3.8) is 0 Å². The van der Waals surface area contributed by atoms with Gasteiger partial charge in [-0.15, -0.1) is 0 Å². The summed E-state index contributed by atoms with van der Waals surface area (Å²) in [6.45, 7) is 8.45. The van der Waals surface area contributed by atoms with Crippen LogP contribution in [0.5, 0.6) is 0 Å². The Balaban J connectivity index is 2.82. The molecule has 1 aromatic carbocycles. The van der Waals surface area contributed by atoms with Crippen molar-refractivity contribution in [2.75, 3.05) is 6.54 Å².